The van der Waals surface area contributed by atoms with E-state index in [0.717, 1.165) is 36.8 Å². The Labute approximate surface area is 235 Å². The zero-order chi connectivity index (χ0) is 27.6. The van der Waals surface area contributed by atoms with E-state index < -0.39 is 6.23 Å². The summed E-state index contributed by atoms with van der Waals surface area (Å²) in [6.45, 7) is 3.54. The monoisotopic (exact) mass is 555 g/mol. The summed E-state index contributed by atoms with van der Waals surface area (Å²) < 4.78 is 5.90. The second kappa shape index (κ2) is 11.1. The van der Waals surface area contributed by atoms with Crippen molar-refractivity contribution in [3.63, 3.8) is 0 Å². The molecule has 1 aliphatic carbocycles. The molecule has 0 saturated heterocycles. The Balaban J connectivity index is 1.27. The number of aromatic nitrogens is 1. The van der Waals surface area contributed by atoms with Crippen LogP contribution in [0, 0.1) is 0 Å². The third-order valence-corrected chi connectivity index (χ3v) is 8.40. The van der Waals surface area contributed by atoms with Gasteiger partial charge in [-0.1, -0.05) is 37.6 Å². The summed E-state index contributed by atoms with van der Waals surface area (Å²) in [5.41, 5.74) is 1.91. The molecular formula is C30H29N5O4S. The molecule has 6 rings (SSSR count). The van der Waals surface area contributed by atoms with E-state index in [9.17, 15) is 14.7 Å². The summed E-state index contributed by atoms with van der Waals surface area (Å²) in [5.74, 6) is 1.16. The summed E-state index contributed by atoms with van der Waals surface area (Å²) >= 11 is 1.33. The molecular weight excluding hydrogens is 526 g/mol. The molecule has 1 unspecified atom stereocenters. The number of carbonyl (C=O) groups excluding carboxylic acids is 2. The zero-order valence-electron chi connectivity index (χ0n) is 21.7. The second-order valence-corrected chi connectivity index (χ2v) is 10.8. The standard InChI is InChI=1S/C30H29N5O4S/c1-2-24(36)32-21-10-6-7-11-22(21)33-28(37)27-26-25-23(16-17-31-29(25)40-27)35(30(38)34-26)18-12-14-20(15-13-18)39-19-8-4-3-5-9-19/h2-5,8-9,12-17,21-22,28,33,37H,1,6-7,10-11H2,(H,32,36)(H,34,38)/t21-,22+,28?/m1/s1. The number of aliphatic hydroxyl groups excluding tert-OH is 1. The first-order valence-electron chi connectivity index (χ1n) is 13.2. The highest BCUT2D eigenvalue weighted by atomic mass is 32.1. The van der Waals surface area contributed by atoms with E-state index >= 15 is 0 Å². The normalized spacial score (nSPS) is 19.1. The highest BCUT2D eigenvalue weighted by Gasteiger charge is 2.34. The van der Waals surface area contributed by atoms with E-state index in [4.69, 9.17) is 4.74 Å². The number of thiophene rings is 1. The fraction of sp³-hybridized carbons (Fsp3) is 0.233. The quantitative estimate of drug-likeness (QED) is 0.157. The Bertz CT molecular complexity index is 1560. The van der Waals surface area contributed by atoms with Gasteiger partial charge in [0, 0.05) is 18.3 Å². The fourth-order valence-electron chi connectivity index (χ4n) is 5.37. The van der Waals surface area contributed by atoms with Gasteiger partial charge < -0.3 is 20.5 Å². The van der Waals surface area contributed by atoms with E-state index in [2.05, 4.69) is 27.5 Å². The first-order chi connectivity index (χ1) is 19.5. The number of amides is 3. The molecule has 2 aliphatic rings. The van der Waals surface area contributed by atoms with Crippen molar-refractivity contribution >= 4 is 50.6 Å². The van der Waals surface area contributed by atoms with Crippen LogP contribution in [0.1, 0.15) is 36.8 Å². The molecule has 3 amide bonds. The van der Waals surface area contributed by atoms with Crippen LogP contribution in [0.5, 0.6) is 11.5 Å². The molecule has 2 aromatic heterocycles. The SMILES string of the molecule is C=CC(=O)N[C@@H]1CCCC[C@@H]1NC(O)c1sc2nccc3c2c1NC(=O)N3c1ccc(Oc2ccccc2)cc1. The molecule has 1 fully saturated rings. The Morgan fingerprint density at radius 2 is 1.82 bits per heavy atom. The van der Waals surface area contributed by atoms with Gasteiger partial charge in [0.25, 0.3) is 0 Å². The topological polar surface area (TPSA) is 116 Å². The lowest BCUT2D eigenvalue weighted by Gasteiger charge is -2.34. The molecule has 4 N–H and O–H groups in total. The first kappa shape index (κ1) is 26.0. The predicted octanol–water partition coefficient (Wildman–Crippen LogP) is 5.97. The van der Waals surface area contributed by atoms with Crippen molar-refractivity contribution < 1.29 is 19.4 Å². The summed E-state index contributed by atoms with van der Waals surface area (Å²) in [4.78, 5) is 32.8. The average Bonchev–Trinajstić information content (AvgIpc) is 3.35. The number of aliphatic hydroxyl groups is 1. The lowest BCUT2D eigenvalue weighted by Crippen LogP contribution is -2.52. The molecule has 4 aromatic rings. The first-order valence-corrected chi connectivity index (χ1v) is 14.1. The molecule has 10 heteroatoms. The van der Waals surface area contributed by atoms with Crippen LogP contribution in [-0.4, -0.2) is 34.1 Å². The van der Waals surface area contributed by atoms with E-state index in [0.29, 0.717) is 32.5 Å². The Kier molecular flexibility index (Phi) is 7.21. The summed E-state index contributed by atoms with van der Waals surface area (Å²) in [7, 11) is 0. The maximum Gasteiger partial charge on any atom is 0.331 e. The van der Waals surface area contributed by atoms with E-state index in [1.807, 2.05) is 54.6 Å². The van der Waals surface area contributed by atoms with Gasteiger partial charge in [0.05, 0.1) is 27.3 Å². The van der Waals surface area contributed by atoms with E-state index in [-0.39, 0.29) is 24.0 Å². The number of anilines is 3. The van der Waals surface area contributed by atoms with Crippen LogP contribution in [-0.2, 0) is 4.79 Å². The number of benzene rings is 2. The number of rotatable bonds is 8. The van der Waals surface area contributed by atoms with Crippen LogP contribution < -0.4 is 25.6 Å². The lowest BCUT2D eigenvalue weighted by molar-refractivity contribution is -0.117. The number of hydrogen-bond donors (Lipinski definition) is 4. The van der Waals surface area contributed by atoms with Gasteiger partial charge in [-0.15, -0.1) is 11.3 Å². The predicted molar refractivity (Wildman–Crippen MR) is 156 cm³/mol. The van der Waals surface area contributed by atoms with Crippen molar-refractivity contribution in [3.05, 3.63) is 84.4 Å². The van der Waals surface area contributed by atoms with Crippen LogP contribution in [0.25, 0.3) is 10.2 Å². The minimum atomic E-state index is -1.05. The summed E-state index contributed by atoms with van der Waals surface area (Å²) in [6, 6.07) is 18.0. The number of urea groups is 1. The van der Waals surface area contributed by atoms with Crippen molar-refractivity contribution in [2.24, 2.45) is 0 Å². The number of carbonyl (C=O) groups is 2. The van der Waals surface area contributed by atoms with Gasteiger partial charge in [-0.2, -0.15) is 0 Å². The minimum Gasteiger partial charge on any atom is -0.457 e. The van der Waals surface area contributed by atoms with Crippen LogP contribution in [0.4, 0.5) is 21.9 Å². The van der Waals surface area contributed by atoms with Crippen LogP contribution in [0.15, 0.2) is 79.5 Å². The highest BCUT2D eigenvalue weighted by Crippen LogP contribution is 2.47. The maximum absolute atomic E-state index is 13.5. The zero-order valence-corrected chi connectivity index (χ0v) is 22.5. The smallest absolute Gasteiger partial charge is 0.331 e. The molecule has 0 spiro atoms. The minimum absolute atomic E-state index is 0.118. The average molecular weight is 556 g/mol. The largest absolute Gasteiger partial charge is 0.457 e. The molecule has 3 atom stereocenters. The van der Waals surface area contributed by atoms with Gasteiger partial charge in [0.1, 0.15) is 22.6 Å². The van der Waals surface area contributed by atoms with Gasteiger partial charge in [-0.25, -0.2) is 9.78 Å². The molecule has 1 saturated carbocycles. The number of ether oxygens (including phenoxy) is 1. The van der Waals surface area contributed by atoms with E-state index in [1.165, 1.54) is 17.4 Å². The summed E-state index contributed by atoms with van der Waals surface area (Å²) in [6.07, 6.45) is 5.51. The van der Waals surface area contributed by atoms with Gasteiger partial charge in [0.2, 0.25) is 5.91 Å². The van der Waals surface area contributed by atoms with Crippen LogP contribution in [0.3, 0.4) is 0 Å². The molecule has 9 nitrogen and oxygen atoms in total. The van der Waals surface area contributed by atoms with Gasteiger partial charge in [0.15, 0.2) is 0 Å². The fourth-order valence-corrected chi connectivity index (χ4v) is 6.43. The lowest BCUT2D eigenvalue weighted by atomic mass is 9.90. The van der Waals surface area contributed by atoms with Crippen molar-refractivity contribution in [1.29, 1.82) is 0 Å². The summed E-state index contributed by atoms with van der Waals surface area (Å²) in [5, 5.41) is 21.3. The maximum atomic E-state index is 13.5. The molecule has 3 heterocycles. The molecule has 204 valence electrons. The third-order valence-electron chi connectivity index (χ3n) is 7.25. The third kappa shape index (κ3) is 5.04. The van der Waals surface area contributed by atoms with E-state index in [1.54, 1.807) is 17.2 Å². The highest BCUT2D eigenvalue weighted by molar-refractivity contribution is 7.19. The second-order valence-electron chi connectivity index (χ2n) is 9.81. The Morgan fingerprint density at radius 1 is 1.10 bits per heavy atom. The van der Waals surface area contributed by atoms with Gasteiger partial charge >= 0.3 is 6.03 Å². The number of pyridine rings is 1. The number of para-hydroxylation sites is 1. The van der Waals surface area contributed by atoms with Gasteiger partial charge in [-0.05, 0) is 61.4 Å². The Morgan fingerprint density at radius 3 is 2.58 bits per heavy atom. The van der Waals surface area contributed by atoms with Crippen molar-refractivity contribution in [2.45, 2.75) is 44.0 Å². The number of nitrogens with zero attached hydrogens (tertiary/aromatic N) is 2. The van der Waals surface area contributed by atoms with Gasteiger partial charge in [-0.3, -0.25) is 15.0 Å². The molecule has 0 radical (unpaired) electrons. The Hall–Kier alpha value is -4.25. The van der Waals surface area contributed by atoms with Crippen LogP contribution in [0.2, 0.25) is 0 Å². The van der Waals surface area contributed by atoms with Crippen molar-refractivity contribution in [1.82, 2.24) is 15.6 Å². The number of nitrogens with one attached hydrogen (secondary N) is 3. The van der Waals surface area contributed by atoms with Crippen molar-refractivity contribution in [3.8, 4) is 11.5 Å². The molecule has 40 heavy (non-hydrogen) atoms. The molecule has 2 aromatic carbocycles. The van der Waals surface area contributed by atoms with Crippen molar-refractivity contribution in [2.75, 3.05) is 10.2 Å². The molecule has 1 aliphatic heterocycles. The van der Waals surface area contributed by atoms with Crippen LogP contribution >= 0.6 is 11.3 Å². The number of hydrogen-bond acceptors (Lipinski definition) is 7. The molecule has 0 bridgehead atoms.